The first-order valence-electron chi connectivity index (χ1n) is 5.51. The van der Waals surface area contributed by atoms with Gasteiger partial charge in [-0.2, -0.15) is 0 Å². The molecule has 16 heavy (non-hydrogen) atoms. The molecule has 1 aromatic rings. The quantitative estimate of drug-likeness (QED) is 0.790. The van der Waals surface area contributed by atoms with Crippen molar-refractivity contribution in [2.75, 3.05) is 13.1 Å². The molecule has 0 amide bonds. The first-order valence-corrected chi connectivity index (χ1v) is 5.89. The summed E-state index contributed by atoms with van der Waals surface area (Å²) in [6.07, 6.45) is 2.63. The second-order valence-electron chi connectivity index (χ2n) is 4.26. The molecule has 1 saturated heterocycles. The Morgan fingerprint density at radius 1 is 1.19 bits per heavy atom. The highest BCUT2D eigenvalue weighted by Crippen LogP contribution is 2.24. The van der Waals surface area contributed by atoms with Crippen LogP contribution in [0.5, 0.6) is 0 Å². The van der Waals surface area contributed by atoms with Gasteiger partial charge < -0.3 is 5.32 Å². The molecule has 0 unspecified atom stereocenters. The van der Waals surface area contributed by atoms with Crippen molar-refractivity contribution in [2.45, 2.75) is 19.3 Å². The molecule has 1 heterocycles. The van der Waals surface area contributed by atoms with Crippen molar-refractivity contribution in [3.05, 3.63) is 34.4 Å². The molecule has 2 rings (SSSR count). The number of piperidine rings is 1. The summed E-state index contributed by atoms with van der Waals surface area (Å²) in [6, 6.07) is 2.28. The molecule has 0 aromatic heterocycles. The molecule has 0 atom stereocenters. The fourth-order valence-electron chi connectivity index (χ4n) is 2.12. The topological polar surface area (TPSA) is 12.0 Å². The van der Waals surface area contributed by atoms with Crippen molar-refractivity contribution in [1.82, 2.24) is 5.32 Å². The van der Waals surface area contributed by atoms with Crippen molar-refractivity contribution in [3.63, 3.8) is 0 Å². The Bertz CT molecular complexity index is 376. The van der Waals surface area contributed by atoms with Crippen LogP contribution in [0, 0.1) is 17.6 Å². The van der Waals surface area contributed by atoms with E-state index >= 15 is 0 Å². The highest BCUT2D eigenvalue weighted by Gasteiger charge is 2.16. The Balaban J connectivity index is 2.11. The van der Waals surface area contributed by atoms with Gasteiger partial charge in [-0.05, 0) is 56.0 Å². The average Bonchev–Trinajstić information content (AvgIpc) is 2.27. The van der Waals surface area contributed by atoms with E-state index in [2.05, 4.69) is 5.32 Å². The molecule has 1 aliphatic rings. The molecule has 0 radical (unpaired) electrons. The smallest absolute Gasteiger partial charge is 0.142 e. The van der Waals surface area contributed by atoms with Gasteiger partial charge in [0.25, 0.3) is 0 Å². The maximum atomic E-state index is 13.5. The number of rotatable bonds is 2. The third-order valence-corrected chi connectivity index (χ3v) is 3.35. The molecule has 1 nitrogen and oxygen atoms in total. The highest BCUT2D eigenvalue weighted by molar-refractivity contribution is 6.30. The minimum atomic E-state index is -0.535. The summed E-state index contributed by atoms with van der Waals surface area (Å²) in [6.45, 7) is 1.92. The van der Waals surface area contributed by atoms with Crippen LogP contribution < -0.4 is 5.32 Å². The van der Waals surface area contributed by atoms with Gasteiger partial charge in [0.05, 0.1) is 5.02 Å². The van der Waals surface area contributed by atoms with Crippen LogP contribution in [-0.4, -0.2) is 13.1 Å². The van der Waals surface area contributed by atoms with Gasteiger partial charge in [-0.15, -0.1) is 0 Å². The van der Waals surface area contributed by atoms with Crippen LogP contribution in [0.3, 0.4) is 0 Å². The number of nitrogens with one attached hydrogen (secondary N) is 1. The fraction of sp³-hybridized carbons (Fsp3) is 0.500. The summed E-state index contributed by atoms with van der Waals surface area (Å²) < 4.78 is 26.7. The summed E-state index contributed by atoms with van der Waals surface area (Å²) in [5, 5.41) is 3.10. The number of hydrogen-bond donors (Lipinski definition) is 1. The average molecular weight is 246 g/mol. The molecule has 1 N–H and O–H groups in total. The Hall–Kier alpha value is -0.670. The van der Waals surface area contributed by atoms with Crippen molar-refractivity contribution in [2.24, 2.45) is 5.92 Å². The summed E-state index contributed by atoms with van der Waals surface area (Å²) in [7, 11) is 0. The number of hydrogen-bond acceptors (Lipinski definition) is 1. The standard InChI is InChI=1S/C12H14ClF2N/c13-10-7-11(14)9(6-12(10)15)5-8-1-3-16-4-2-8/h6-8,16H,1-5H2. The van der Waals surface area contributed by atoms with Crippen LogP contribution in [0.2, 0.25) is 5.02 Å². The van der Waals surface area contributed by atoms with Crippen LogP contribution >= 0.6 is 11.6 Å². The Labute approximate surface area is 98.8 Å². The van der Waals surface area contributed by atoms with Gasteiger partial charge in [0, 0.05) is 0 Å². The lowest BCUT2D eigenvalue weighted by Crippen LogP contribution is -2.28. The van der Waals surface area contributed by atoms with Crippen molar-refractivity contribution in [3.8, 4) is 0 Å². The molecule has 1 fully saturated rings. The minimum absolute atomic E-state index is 0.147. The fourth-order valence-corrected chi connectivity index (χ4v) is 2.27. The third kappa shape index (κ3) is 2.71. The van der Waals surface area contributed by atoms with Gasteiger partial charge in [-0.3, -0.25) is 0 Å². The molecule has 0 spiro atoms. The van der Waals surface area contributed by atoms with Crippen LogP contribution in [0.15, 0.2) is 12.1 Å². The van der Waals surface area contributed by atoms with Crippen molar-refractivity contribution < 1.29 is 8.78 Å². The van der Waals surface area contributed by atoms with Crippen molar-refractivity contribution in [1.29, 1.82) is 0 Å². The largest absolute Gasteiger partial charge is 0.317 e. The molecule has 0 bridgehead atoms. The van der Waals surface area contributed by atoms with Gasteiger partial charge in [-0.1, -0.05) is 11.6 Å². The minimum Gasteiger partial charge on any atom is -0.317 e. The van der Waals surface area contributed by atoms with Gasteiger partial charge in [-0.25, -0.2) is 8.78 Å². The zero-order chi connectivity index (χ0) is 11.5. The Morgan fingerprint density at radius 2 is 1.88 bits per heavy atom. The Morgan fingerprint density at radius 3 is 2.56 bits per heavy atom. The van der Waals surface area contributed by atoms with Crippen LogP contribution in [0.1, 0.15) is 18.4 Å². The van der Waals surface area contributed by atoms with E-state index in [9.17, 15) is 8.78 Å². The molecule has 88 valence electrons. The van der Waals surface area contributed by atoms with E-state index < -0.39 is 11.6 Å². The van der Waals surface area contributed by atoms with E-state index in [1.165, 1.54) is 6.07 Å². The van der Waals surface area contributed by atoms with E-state index in [1.54, 1.807) is 0 Å². The number of benzene rings is 1. The maximum absolute atomic E-state index is 13.5. The van der Waals surface area contributed by atoms with Crippen LogP contribution in [0.4, 0.5) is 8.78 Å². The molecule has 1 aromatic carbocycles. The van der Waals surface area contributed by atoms with E-state index in [-0.39, 0.29) is 5.02 Å². The normalized spacial score (nSPS) is 17.7. The van der Waals surface area contributed by atoms with Crippen LogP contribution in [-0.2, 0) is 6.42 Å². The second-order valence-corrected chi connectivity index (χ2v) is 4.66. The SMILES string of the molecule is Fc1cc(CC2CCNCC2)c(F)cc1Cl. The summed E-state index contributed by atoms with van der Waals surface area (Å²) in [4.78, 5) is 0. The van der Waals surface area contributed by atoms with Gasteiger partial charge in [0.1, 0.15) is 11.6 Å². The zero-order valence-corrected chi connectivity index (χ0v) is 9.66. The molecule has 0 saturated carbocycles. The van der Waals surface area contributed by atoms with Gasteiger partial charge in [0.15, 0.2) is 0 Å². The predicted molar refractivity (Wildman–Crippen MR) is 60.7 cm³/mol. The Kier molecular flexibility index (Phi) is 3.77. The molecular weight excluding hydrogens is 232 g/mol. The summed E-state index contributed by atoms with van der Waals surface area (Å²) in [5.41, 5.74) is 0.439. The zero-order valence-electron chi connectivity index (χ0n) is 8.90. The third-order valence-electron chi connectivity index (χ3n) is 3.06. The lowest BCUT2D eigenvalue weighted by molar-refractivity contribution is 0.368. The number of halogens is 3. The van der Waals surface area contributed by atoms with E-state index in [4.69, 9.17) is 11.6 Å². The van der Waals surface area contributed by atoms with E-state index in [0.29, 0.717) is 17.9 Å². The lowest BCUT2D eigenvalue weighted by Gasteiger charge is -2.22. The molecule has 0 aliphatic carbocycles. The van der Waals surface area contributed by atoms with Gasteiger partial charge in [0.2, 0.25) is 0 Å². The predicted octanol–water partition coefficient (Wildman–Crippen LogP) is 3.16. The first kappa shape index (κ1) is 11.8. The monoisotopic (exact) mass is 245 g/mol. The first-order chi connectivity index (χ1) is 7.66. The molecular formula is C12H14ClF2N. The van der Waals surface area contributed by atoms with E-state index in [1.807, 2.05) is 0 Å². The highest BCUT2D eigenvalue weighted by atomic mass is 35.5. The van der Waals surface area contributed by atoms with Crippen molar-refractivity contribution >= 4 is 11.6 Å². The van der Waals surface area contributed by atoms with E-state index in [0.717, 1.165) is 32.0 Å². The molecule has 1 aliphatic heterocycles. The second kappa shape index (κ2) is 5.11. The summed E-state index contributed by atoms with van der Waals surface area (Å²) in [5.74, 6) is -0.492. The van der Waals surface area contributed by atoms with Gasteiger partial charge >= 0.3 is 0 Å². The molecule has 4 heteroatoms. The van der Waals surface area contributed by atoms with Crippen LogP contribution in [0.25, 0.3) is 0 Å². The maximum Gasteiger partial charge on any atom is 0.142 e. The summed E-state index contributed by atoms with van der Waals surface area (Å²) >= 11 is 5.50. The lowest BCUT2D eigenvalue weighted by atomic mass is 9.91.